The Labute approximate surface area is 183 Å². The molecule has 31 heavy (non-hydrogen) atoms. The first-order chi connectivity index (χ1) is 15.2. The normalized spacial score (nSPS) is 27.7. The summed E-state index contributed by atoms with van der Waals surface area (Å²) in [5, 5.41) is 1.60. The third kappa shape index (κ3) is 3.82. The van der Waals surface area contributed by atoms with Crippen LogP contribution in [0.1, 0.15) is 35.4 Å². The molecule has 0 saturated carbocycles. The van der Waals surface area contributed by atoms with Gasteiger partial charge in [0, 0.05) is 17.8 Å². The summed E-state index contributed by atoms with van der Waals surface area (Å²) in [4.78, 5) is 20.0. The Morgan fingerprint density at radius 3 is 1.97 bits per heavy atom. The van der Waals surface area contributed by atoms with E-state index in [-0.39, 0.29) is 35.7 Å². The maximum atomic E-state index is 13.8. The monoisotopic (exact) mass is 409 g/mol. The molecule has 2 aliphatic rings. The first kappa shape index (κ1) is 19.8. The first-order valence-corrected chi connectivity index (χ1v) is 11.0. The number of allylic oxidation sites excluding steroid dienone is 1. The van der Waals surface area contributed by atoms with Gasteiger partial charge in [0.05, 0.1) is 18.6 Å². The second-order valence-electron chi connectivity index (χ2n) is 8.53. The van der Waals surface area contributed by atoms with Gasteiger partial charge in [0.25, 0.3) is 5.91 Å². The van der Waals surface area contributed by atoms with E-state index in [0.29, 0.717) is 6.54 Å². The molecule has 3 heteroatoms. The van der Waals surface area contributed by atoms with Crippen LogP contribution < -0.4 is 0 Å². The van der Waals surface area contributed by atoms with Crippen LogP contribution in [0, 0.1) is 11.8 Å². The lowest BCUT2D eigenvalue weighted by atomic mass is 9.64. The van der Waals surface area contributed by atoms with Crippen molar-refractivity contribution in [2.24, 2.45) is 11.8 Å². The van der Waals surface area contributed by atoms with Gasteiger partial charge < -0.3 is 0 Å². The molecule has 1 fully saturated rings. The van der Waals surface area contributed by atoms with Gasteiger partial charge in [-0.05, 0) is 23.6 Å². The predicted molar refractivity (Wildman–Crippen MR) is 122 cm³/mol. The zero-order valence-corrected chi connectivity index (χ0v) is 17.7. The van der Waals surface area contributed by atoms with Crippen LogP contribution in [0.25, 0.3) is 0 Å². The first-order valence-electron chi connectivity index (χ1n) is 11.0. The second-order valence-corrected chi connectivity index (χ2v) is 8.53. The van der Waals surface area contributed by atoms with E-state index in [1.165, 1.54) is 11.1 Å². The standard InChI is InChI=1S/C28H27NO2/c1-20-24-17-18-25(22-13-7-3-8-14-22)26(23-15-9-4-10-16-23)27(24)28(30)29(31-20)19-21-11-5-2-6-12-21/h2-18,20,24-27H,19H2,1H3/t20-,24+,25-,26+,27+/m0/s1. The van der Waals surface area contributed by atoms with Crippen molar-refractivity contribution < 1.29 is 9.63 Å². The van der Waals surface area contributed by atoms with Gasteiger partial charge in [-0.2, -0.15) is 0 Å². The minimum absolute atomic E-state index is 0.0599. The van der Waals surface area contributed by atoms with Crippen LogP contribution in [-0.4, -0.2) is 17.1 Å². The Morgan fingerprint density at radius 1 is 0.742 bits per heavy atom. The second kappa shape index (κ2) is 8.52. The van der Waals surface area contributed by atoms with Crippen molar-refractivity contribution >= 4 is 5.91 Å². The van der Waals surface area contributed by atoms with Crippen LogP contribution >= 0.6 is 0 Å². The van der Waals surface area contributed by atoms with E-state index >= 15 is 0 Å². The number of rotatable bonds is 4. The average Bonchev–Trinajstić information content (AvgIpc) is 2.83. The van der Waals surface area contributed by atoms with Crippen LogP contribution in [0.3, 0.4) is 0 Å². The number of amides is 1. The number of carbonyl (C=O) groups excluding carboxylic acids is 1. The van der Waals surface area contributed by atoms with Crippen molar-refractivity contribution in [1.82, 2.24) is 5.06 Å². The fraction of sp³-hybridized carbons (Fsp3) is 0.250. The Kier molecular flexibility index (Phi) is 5.44. The molecule has 1 aliphatic heterocycles. The number of nitrogens with zero attached hydrogens (tertiary/aromatic N) is 1. The number of hydroxylamine groups is 2. The summed E-state index contributed by atoms with van der Waals surface area (Å²) in [6.07, 6.45) is 4.43. The number of fused-ring (bicyclic) bond motifs is 1. The van der Waals surface area contributed by atoms with E-state index < -0.39 is 0 Å². The van der Waals surface area contributed by atoms with E-state index in [1.807, 2.05) is 42.5 Å². The van der Waals surface area contributed by atoms with E-state index in [0.717, 1.165) is 5.56 Å². The molecule has 1 heterocycles. The fourth-order valence-corrected chi connectivity index (χ4v) is 5.15. The topological polar surface area (TPSA) is 29.5 Å². The van der Waals surface area contributed by atoms with E-state index in [9.17, 15) is 4.79 Å². The van der Waals surface area contributed by atoms with Crippen molar-refractivity contribution in [3.63, 3.8) is 0 Å². The van der Waals surface area contributed by atoms with Crippen molar-refractivity contribution in [1.29, 1.82) is 0 Å². The molecule has 3 nitrogen and oxygen atoms in total. The van der Waals surface area contributed by atoms with Crippen LogP contribution in [0.2, 0.25) is 0 Å². The third-order valence-corrected chi connectivity index (χ3v) is 6.63. The molecule has 1 aliphatic carbocycles. The lowest BCUT2D eigenvalue weighted by Gasteiger charge is -2.47. The van der Waals surface area contributed by atoms with Crippen LogP contribution in [0.5, 0.6) is 0 Å². The molecule has 5 atom stereocenters. The maximum Gasteiger partial charge on any atom is 0.250 e. The summed E-state index contributed by atoms with van der Waals surface area (Å²) < 4.78 is 0. The van der Waals surface area contributed by atoms with Crippen LogP contribution in [0.4, 0.5) is 0 Å². The molecular formula is C28H27NO2. The number of carbonyl (C=O) groups is 1. The largest absolute Gasteiger partial charge is 0.272 e. The SMILES string of the molecule is C[C@@H]1ON(Cc2ccccc2)C(=O)[C@@H]2[C@@H]1C=C[C@@H](c1ccccc1)[C@H]2c1ccccc1. The average molecular weight is 410 g/mol. The zero-order valence-electron chi connectivity index (χ0n) is 17.7. The molecule has 3 aromatic carbocycles. The summed E-state index contributed by atoms with van der Waals surface area (Å²) in [5.74, 6) is 0.189. The van der Waals surface area contributed by atoms with Crippen LogP contribution in [0.15, 0.2) is 103 Å². The minimum atomic E-state index is -0.162. The van der Waals surface area contributed by atoms with Gasteiger partial charge in [0.1, 0.15) is 0 Å². The van der Waals surface area contributed by atoms with Crippen molar-refractivity contribution in [3.05, 3.63) is 120 Å². The van der Waals surface area contributed by atoms with Gasteiger partial charge in [-0.1, -0.05) is 103 Å². The highest BCUT2D eigenvalue weighted by atomic mass is 16.7. The Bertz CT molecular complexity index is 1050. The summed E-state index contributed by atoms with van der Waals surface area (Å²) in [6.45, 7) is 2.55. The quantitative estimate of drug-likeness (QED) is 0.516. The van der Waals surface area contributed by atoms with Gasteiger partial charge in [-0.3, -0.25) is 9.63 Å². The number of hydrogen-bond acceptors (Lipinski definition) is 2. The smallest absolute Gasteiger partial charge is 0.250 e. The minimum Gasteiger partial charge on any atom is -0.272 e. The van der Waals surface area contributed by atoms with Crippen molar-refractivity contribution in [2.45, 2.75) is 31.4 Å². The molecule has 0 radical (unpaired) electrons. The van der Waals surface area contributed by atoms with E-state index in [2.05, 4.69) is 67.6 Å². The Balaban J connectivity index is 1.55. The lowest BCUT2D eigenvalue weighted by molar-refractivity contribution is -0.243. The zero-order chi connectivity index (χ0) is 21.2. The molecule has 0 bridgehead atoms. The molecule has 0 N–H and O–H groups in total. The molecule has 5 rings (SSSR count). The highest BCUT2D eigenvalue weighted by Crippen LogP contribution is 2.50. The summed E-state index contributed by atoms with van der Waals surface area (Å²) >= 11 is 0. The van der Waals surface area contributed by atoms with Crippen LogP contribution in [-0.2, 0) is 16.2 Å². The predicted octanol–water partition coefficient (Wildman–Crippen LogP) is 5.72. The molecule has 0 aromatic heterocycles. The molecule has 156 valence electrons. The molecule has 1 saturated heterocycles. The number of hydrogen-bond donors (Lipinski definition) is 0. The van der Waals surface area contributed by atoms with Crippen molar-refractivity contribution in [2.75, 3.05) is 0 Å². The molecule has 0 spiro atoms. The van der Waals surface area contributed by atoms with E-state index in [4.69, 9.17) is 4.84 Å². The summed E-state index contributed by atoms with van der Waals surface area (Å²) in [6, 6.07) is 31.1. The summed E-state index contributed by atoms with van der Waals surface area (Å²) in [7, 11) is 0. The van der Waals surface area contributed by atoms with Gasteiger partial charge in [-0.25, -0.2) is 5.06 Å². The Morgan fingerprint density at radius 2 is 1.32 bits per heavy atom. The highest BCUT2D eigenvalue weighted by molar-refractivity contribution is 5.81. The Hall–Kier alpha value is -3.17. The van der Waals surface area contributed by atoms with Gasteiger partial charge >= 0.3 is 0 Å². The molecular weight excluding hydrogens is 382 g/mol. The van der Waals surface area contributed by atoms with E-state index in [1.54, 1.807) is 5.06 Å². The molecule has 3 aromatic rings. The van der Waals surface area contributed by atoms with Gasteiger partial charge in [0.15, 0.2) is 0 Å². The number of benzene rings is 3. The van der Waals surface area contributed by atoms with Gasteiger partial charge in [-0.15, -0.1) is 0 Å². The maximum absolute atomic E-state index is 13.8. The molecule has 1 amide bonds. The lowest BCUT2D eigenvalue weighted by Crippen LogP contribution is -2.53. The third-order valence-electron chi connectivity index (χ3n) is 6.63. The molecule has 0 unspecified atom stereocenters. The summed E-state index contributed by atoms with van der Waals surface area (Å²) in [5.41, 5.74) is 3.52. The van der Waals surface area contributed by atoms with Crippen molar-refractivity contribution in [3.8, 4) is 0 Å². The fourth-order valence-electron chi connectivity index (χ4n) is 5.15. The van der Waals surface area contributed by atoms with Gasteiger partial charge in [0.2, 0.25) is 0 Å². The highest BCUT2D eigenvalue weighted by Gasteiger charge is 2.49.